The molecule has 0 saturated heterocycles. The summed E-state index contributed by atoms with van der Waals surface area (Å²) in [5, 5.41) is 3.36. The Kier molecular flexibility index (Phi) is 4.45. The van der Waals surface area contributed by atoms with Crippen LogP contribution in [-0.2, 0) is 6.54 Å². The minimum Gasteiger partial charge on any atom is -0.490 e. The summed E-state index contributed by atoms with van der Waals surface area (Å²) in [6.45, 7) is 6.98. The van der Waals surface area contributed by atoms with Crippen molar-refractivity contribution in [3.8, 4) is 11.5 Å². The van der Waals surface area contributed by atoms with Crippen molar-refractivity contribution in [2.75, 3.05) is 19.8 Å². The average Bonchev–Trinajstić information content (AvgIpc) is 2.59. The van der Waals surface area contributed by atoms with Crippen LogP contribution in [0.5, 0.6) is 11.5 Å². The van der Waals surface area contributed by atoms with Gasteiger partial charge in [0.1, 0.15) is 0 Å². The molecule has 3 heteroatoms. The monoisotopic (exact) mass is 233 g/mol. The van der Waals surface area contributed by atoms with Gasteiger partial charge in [-0.15, -0.1) is 6.58 Å². The van der Waals surface area contributed by atoms with Gasteiger partial charge in [-0.05, 0) is 30.7 Å². The number of nitrogens with one attached hydrogen (secondary N) is 1. The number of hydrogen-bond acceptors (Lipinski definition) is 3. The van der Waals surface area contributed by atoms with E-state index in [1.165, 1.54) is 5.56 Å². The van der Waals surface area contributed by atoms with Gasteiger partial charge >= 0.3 is 0 Å². The first-order chi connectivity index (χ1) is 8.40. The van der Waals surface area contributed by atoms with E-state index in [2.05, 4.69) is 24.0 Å². The van der Waals surface area contributed by atoms with Crippen LogP contribution in [0.3, 0.4) is 0 Å². The zero-order chi connectivity index (χ0) is 11.9. The third kappa shape index (κ3) is 3.49. The Morgan fingerprint density at radius 2 is 2.06 bits per heavy atom. The predicted molar refractivity (Wildman–Crippen MR) is 68.6 cm³/mol. The molecule has 0 radical (unpaired) electrons. The molecule has 92 valence electrons. The van der Waals surface area contributed by atoms with Crippen molar-refractivity contribution >= 4 is 0 Å². The Bertz CT molecular complexity index is 376. The second-order valence-electron chi connectivity index (χ2n) is 4.09. The Morgan fingerprint density at radius 1 is 1.24 bits per heavy atom. The van der Waals surface area contributed by atoms with E-state index in [0.29, 0.717) is 0 Å². The molecular formula is C14H19NO2. The average molecular weight is 233 g/mol. The van der Waals surface area contributed by atoms with Crippen LogP contribution in [0, 0.1) is 0 Å². The molecule has 0 bridgehead atoms. The molecule has 1 aliphatic rings. The molecule has 17 heavy (non-hydrogen) atoms. The van der Waals surface area contributed by atoms with E-state index in [1.807, 2.05) is 12.1 Å². The Morgan fingerprint density at radius 3 is 2.88 bits per heavy atom. The van der Waals surface area contributed by atoms with Gasteiger partial charge in [0.25, 0.3) is 0 Å². The lowest BCUT2D eigenvalue weighted by Crippen LogP contribution is -2.14. The zero-order valence-electron chi connectivity index (χ0n) is 10.1. The van der Waals surface area contributed by atoms with Gasteiger partial charge in [0.05, 0.1) is 13.2 Å². The van der Waals surface area contributed by atoms with Crippen molar-refractivity contribution in [1.29, 1.82) is 0 Å². The van der Waals surface area contributed by atoms with Gasteiger partial charge in [0.15, 0.2) is 11.5 Å². The third-order valence-corrected chi connectivity index (χ3v) is 2.67. The van der Waals surface area contributed by atoms with Crippen molar-refractivity contribution < 1.29 is 9.47 Å². The zero-order valence-corrected chi connectivity index (χ0v) is 10.1. The summed E-state index contributed by atoms with van der Waals surface area (Å²) in [6, 6.07) is 6.13. The van der Waals surface area contributed by atoms with E-state index in [9.17, 15) is 0 Å². The van der Waals surface area contributed by atoms with Crippen molar-refractivity contribution in [2.24, 2.45) is 0 Å². The minimum absolute atomic E-state index is 0.736. The van der Waals surface area contributed by atoms with E-state index in [-0.39, 0.29) is 0 Å². The standard InChI is InChI=1S/C14H19NO2/c1-2-3-7-15-11-12-5-6-13-14(10-12)17-9-4-8-16-13/h2,5-6,10,15H,1,3-4,7-9,11H2. The summed E-state index contributed by atoms with van der Waals surface area (Å²) >= 11 is 0. The summed E-state index contributed by atoms with van der Waals surface area (Å²) in [4.78, 5) is 0. The lowest BCUT2D eigenvalue weighted by Gasteiger charge is -2.09. The van der Waals surface area contributed by atoms with E-state index < -0.39 is 0 Å². The molecule has 0 fully saturated rings. The fraction of sp³-hybridized carbons (Fsp3) is 0.429. The number of fused-ring (bicyclic) bond motifs is 1. The van der Waals surface area contributed by atoms with Crippen LogP contribution in [0.2, 0.25) is 0 Å². The number of benzene rings is 1. The second-order valence-corrected chi connectivity index (χ2v) is 4.09. The van der Waals surface area contributed by atoms with E-state index in [1.54, 1.807) is 0 Å². The number of ether oxygens (including phenoxy) is 2. The fourth-order valence-electron chi connectivity index (χ4n) is 1.75. The Labute approximate surface area is 102 Å². The Hall–Kier alpha value is -1.48. The fourth-order valence-corrected chi connectivity index (χ4v) is 1.75. The van der Waals surface area contributed by atoms with E-state index in [4.69, 9.17) is 9.47 Å². The molecule has 0 aromatic heterocycles. The molecule has 1 aliphatic heterocycles. The molecule has 1 heterocycles. The quantitative estimate of drug-likeness (QED) is 0.626. The van der Waals surface area contributed by atoms with Crippen molar-refractivity contribution in [3.63, 3.8) is 0 Å². The normalized spacial score (nSPS) is 14.1. The number of hydrogen-bond donors (Lipinski definition) is 1. The number of rotatable bonds is 5. The first-order valence-electron chi connectivity index (χ1n) is 6.10. The highest BCUT2D eigenvalue weighted by Crippen LogP contribution is 2.30. The van der Waals surface area contributed by atoms with Crippen molar-refractivity contribution in [1.82, 2.24) is 5.32 Å². The smallest absolute Gasteiger partial charge is 0.161 e. The summed E-state index contributed by atoms with van der Waals surface area (Å²) in [7, 11) is 0. The Balaban J connectivity index is 1.95. The highest BCUT2D eigenvalue weighted by molar-refractivity contribution is 5.43. The maximum absolute atomic E-state index is 5.65. The van der Waals surface area contributed by atoms with Crippen LogP contribution in [0.15, 0.2) is 30.9 Å². The second kappa shape index (κ2) is 6.30. The molecule has 1 aromatic carbocycles. The molecule has 3 nitrogen and oxygen atoms in total. The molecule has 1 aromatic rings. The topological polar surface area (TPSA) is 30.5 Å². The molecule has 0 spiro atoms. The van der Waals surface area contributed by atoms with Gasteiger partial charge < -0.3 is 14.8 Å². The maximum atomic E-state index is 5.65. The largest absolute Gasteiger partial charge is 0.490 e. The van der Waals surface area contributed by atoms with Gasteiger partial charge in [-0.25, -0.2) is 0 Å². The highest BCUT2D eigenvalue weighted by Gasteiger charge is 2.10. The maximum Gasteiger partial charge on any atom is 0.161 e. The first-order valence-corrected chi connectivity index (χ1v) is 6.10. The van der Waals surface area contributed by atoms with Gasteiger partial charge in [-0.1, -0.05) is 12.1 Å². The molecule has 2 rings (SSSR count). The van der Waals surface area contributed by atoms with Crippen molar-refractivity contribution in [3.05, 3.63) is 36.4 Å². The molecule has 1 N–H and O–H groups in total. The summed E-state index contributed by atoms with van der Waals surface area (Å²) in [6.07, 6.45) is 3.85. The first kappa shape index (κ1) is 12.0. The van der Waals surface area contributed by atoms with E-state index in [0.717, 1.165) is 50.6 Å². The van der Waals surface area contributed by atoms with Gasteiger partial charge in [0.2, 0.25) is 0 Å². The lowest BCUT2D eigenvalue weighted by molar-refractivity contribution is 0.297. The molecule has 0 aliphatic carbocycles. The summed E-state index contributed by atoms with van der Waals surface area (Å²) < 4.78 is 11.2. The SMILES string of the molecule is C=CCCNCc1ccc2c(c1)OCCCO2. The van der Waals surface area contributed by atoms with Crippen LogP contribution >= 0.6 is 0 Å². The van der Waals surface area contributed by atoms with Gasteiger partial charge in [-0.2, -0.15) is 0 Å². The van der Waals surface area contributed by atoms with Crippen LogP contribution in [0.25, 0.3) is 0 Å². The van der Waals surface area contributed by atoms with Crippen LogP contribution in [0.4, 0.5) is 0 Å². The molecule has 0 saturated carbocycles. The predicted octanol–water partition coefficient (Wildman–Crippen LogP) is 2.51. The van der Waals surface area contributed by atoms with Gasteiger partial charge in [0, 0.05) is 13.0 Å². The van der Waals surface area contributed by atoms with Crippen molar-refractivity contribution in [2.45, 2.75) is 19.4 Å². The molecule has 0 atom stereocenters. The van der Waals surface area contributed by atoms with Gasteiger partial charge in [-0.3, -0.25) is 0 Å². The highest BCUT2D eigenvalue weighted by atomic mass is 16.5. The van der Waals surface area contributed by atoms with Crippen LogP contribution < -0.4 is 14.8 Å². The molecular weight excluding hydrogens is 214 g/mol. The van der Waals surface area contributed by atoms with Crippen LogP contribution in [-0.4, -0.2) is 19.8 Å². The van der Waals surface area contributed by atoms with Crippen LogP contribution in [0.1, 0.15) is 18.4 Å². The molecule has 0 amide bonds. The minimum atomic E-state index is 0.736. The van der Waals surface area contributed by atoms with E-state index >= 15 is 0 Å². The summed E-state index contributed by atoms with van der Waals surface area (Å²) in [5.74, 6) is 1.72. The summed E-state index contributed by atoms with van der Waals surface area (Å²) in [5.41, 5.74) is 1.22. The molecule has 0 unspecified atom stereocenters. The lowest BCUT2D eigenvalue weighted by atomic mass is 10.2. The third-order valence-electron chi connectivity index (χ3n) is 2.67.